The van der Waals surface area contributed by atoms with Gasteiger partial charge in [-0.25, -0.2) is 0 Å². The van der Waals surface area contributed by atoms with E-state index in [9.17, 15) is 34.8 Å². The van der Waals surface area contributed by atoms with Crippen molar-refractivity contribution < 1.29 is 53.8 Å². The molecule has 9 unspecified atom stereocenters. The van der Waals surface area contributed by atoms with Gasteiger partial charge in [0.25, 0.3) is 11.7 Å². The number of methoxy groups -OCH3 is 1. The van der Waals surface area contributed by atoms with Crippen molar-refractivity contribution in [2.45, 2.75) is 118 Å². The summed E-state index contributed by atoms with van der Waals surface area (Å²) >= 11 is 0. The summed E-state index contributed by atoms with van der Waals surface area (Å²) in [7, 11) is 1.47. The lowest BCUT2D eigenvalue weighted by atomic mass is 9.78. The van der Waals surface area contributed by atoms with Gasteiger partial charge >= 0.3 is 11.8 Å². The highest BCUT2D eigenvalue weighted by Crippen LogP contribution is 2.50. The van der Waals surface area contributed by atoms with Crippen LogP contribution in [0.3, 0.4) is 0 Å². The van der Waals surface area contributed by atoms with Gasteiger partial charge in [0.2, 0.25) is 0 Å². The van der Waals surface area contributed by atoms with Crippen molar-refractivity contribution in [1.82, 2.24) is 4.90 Å². The van der Waals surface area contributed by atoms with Gasteiger partial charge in [-0.05, 0) is 25.8 Å². The maximum Gasteiger partial charge on any atom is 0.312 e. The van der Waals surface area contributed by atoms with E-state index in [1.807, 2.05) is 0 Å². The van der Waals surface area contributed by atoms with Crippen LogP contribution in [0.25, 0.3) is 10.8 Å². The number of Topliss-reactive ketones (excluding diaryl/α,β-unsaturated/α-hetero) is 1. The molecule has 1 amide bonds. The molecule has 61 heavy (non-hydrogen) atoms. The predicted octanol–water partition coefficient (Wildman–Crippen LogP) is 4.75. The highest BCUT2D eigenvalue weighted by Gasteiger charge is 2.50. The number of rotatable bonds is 4. The van der Waals surface area contributed by atoms with Crippen molar-refractivity contribution in [1.29, 1.82) is 0 Å². The summed E-state index contributed by atoms with van der Waals surface area (Å²) in [6, 6.07) is 0. The topological polar surface area (TPSA) is 209 Å². The molecule has 4 aliphatic heterocycles. The number of likely N-dealkylation sites (tertiary alicyclic amines) is 1. The number of ether oxygens (including phenoxy) is 4. The third-order valence-electron chi connectivity index (χ3n) is 12.9. The average molecular weight is 847 g/mol. The second kappa shape index (κ2) is 17.5. The number of allylic oxidation sites excluding steroid dienone is 2. The molecule has 0 aromatic heterocycles. The Balaban J connectivity index is 1.54. The van der Waals surface area contributed by atoms with E-state index in [-0.39, 0.29) is 55.4 Å². The molecule has 4 bridgehead atoms. The SMILES string of the molecule is COC1/C=C\OC2(C)Oc3c(C)c(O)c4c(O)c(c5c(c4c3C2=O)=NC2(CCN(CC(C)C)CC2)N=5)NC(=O)/C(C)=C/C=C\C(C)C(O)C(C)C(O)C(C)C(OC(C)=O)C1C. The van der Waals surface area contributed by atoms with Gasteiger partial charge in [0.15, 0.2) is 11.4 Å². The molecule has 0 radical (unpaired) electrons. The largest absolute Gasteiger partial charge is 0.507 e. The second-order valence-electron chi connectivity index (χ2n) is 18.0. The van der Waals surface area contributed by atoms with Crippen molar-refractivity contribution in [2.24, 2.45) is 39.6 Å². The zero-order valence-corrected chi connectivity index (χ0v) is 37.1. The molecular weight excluding hydrogens is 785 g/mol. The van der Waals surface area contributed by atoms with E-state index in [0.717, 1.165) is 6.54 Å². The minimum absolute atomic E-state index is 0.0364. The monoisotopic (exact) mass is 846 g/mol. The molecule has 2 aromatic rings. The quantitative estimate of drug-likeness (QED) is 0.209. The zero-order valence-electron chi connectivity index (χ0n) is 37.1. The number of aliphatic hydroxyl groups excluding tert-OH is 2. The summed E-state index contributed by atoms with van der Waals surface area (Å²) in [5, 5.41) is 50.2. The maximum absolute atomic E-state index is 14.7. The summed E-state index contributed by atoms with van der Waals surface area (Å²) in [5.74, 6) is -6.44. The molecule has 6 rings (SSSR count). The molecule has 1 fully saturated rings. The normalized spacial score (nSPS) is 32.7. The number of carbonyl (C=O) groups excluding carboxylic acids is 3. The van der Waals surface area contributed by atoms with Gasteiger partial charge in [-0.1, -0.05) is 59.8 Å². The number of hydrogen-bond acceptors (Lipinski definition) is 14. The number of phenols is 2. The molecule has 4 heterocycles. The Kier molecular flexibility index (Phi) is 13.1. The first kappa shape index (κ1) is 45.7. The molecule has 5 N–H and O–H groups in total. The van der Waals surface area contributed by atoms with Crippen LogP contribution in [-0.4, -0.2) is 106 Å². The van der Waals surface area contributed by atoms with Crippen LogP contribution in [0.15, 0.2) is 46.1 Å². The number of piperidine rings is 1. The molecule has 0 aliphatic carbocycles. The second-order valence-corrected chi connectivity index (χ2v) is 18.0. The number of amides is 1. The minimum Gasteiger partial charge on any atom is -0.507 e. The van der Waals surface area contributed by atoms with E-state index in [1.165, 1.54) is 27.2 Å². The first-order chi connectivity index (χ1) is 28.6. The van der Waals surface area contributed by atoms with Crippen LogP contribution in [0, 0.1) is 36.5 Å². The number of benzene rings is 2. The number of aliphatic hydroxyl groups is 2. The van der Waals surface area contributed by atoms with Crippen LogP contribution in [0.5, 0.6) is 17.2 Å². The van der Waals surface area contributed by atoms with E-state index in [2.05, 4.69) is 24.1 Å². The molecule has 9 atom stereocenters. The molecule has 15 nitrogen and oxygen atoms in total. The van der Waals surface area contributed by atoms with E-state index < -0.39 is 82.9 Å². The number of ketones is 1. The van der Waals surface area contributed by atoms with Crippen LogP contribution < -0.4 is 20.8 Å². The number of hydrogen-bond donors (Lipinski definition) is 5. The van der Waals surface area contributed by atoms with Crippen LogP contribution >= 0.6 is 0 Å². The maximum atomic E-state index is 14.7. The lowest BCUT2D eigenvalue weighted by Crippen LogP contribution is -2.46. The van der Waals surface area contributed by atoms with Gasteiger partial charge in [0.05, 0.1) is 40.9 Å². The molecule has 1 spiro atoms. The fraction of sp³-hybridized carbons (Fsp3) is 0.587. The van der Waals surface area contributed by atoms with Gasteiger partial charge < -0.3 is 49.6 Å². The zero-order chi connectivity index (χ0) is 44.9. The Hall–Kier alpha value is -4.83. The highest BCUT2D eigenvalue weighted by atomic mass is 16.7. The van der Waals surface area contributed by atoms with Crippen LogP contribution in [0.4, 0.5) is 5.69 Å². The third-order valence-corrected chi connectivity index (χ3v) is 12.9. The lowest BCUT2D eigenvalue weighted by molar-refractivity contribution is -0.160. The first-order valence-electron chi connectivity index (χ1n) is 21.2. The van der Waals surface area contributed by atoms with Crippen molar-refractivity contribution >= 4 is 34.1 Å². The van der Waals surface area contributed by atoms with Crippen molar-refractivity contribution in [3.05, 3.63) is 58.0 Å². The number of nitrogens with zero attached hydrogens (tertiary/aromatic N) is 3. The van der Waals surface area contributed by atoms with Gasteiger partial charge in [0, 0.05) is 93.6 Å². The predicted molar refractivity (Wildman–Crippen MR) is 228 cm³/mol. The molecule has 332 valence electrons. The summed E-state index contributed by atoms with van der Waals surface area (Å²) in [4.78, 5) is 53.7. The first-order valence-corrected chi connectivity index (χ1v) is 21.2. The van der Waals surface area contributed by atoms with Crippen LogP contribution in [-0.2, 0) is 23.8 Å². The summed E-state index contributed by atoms with van der Waals surface area (Å²) in [6.07, 6.45) is 5.04. The standard InChI is InChI=1S/C46H62N4O11/c1-22(2)21-50-18-16-46(17-19-50)48-34-31-32-39(54)28(8)42-33(31)43(56)45(10,61-42)59-20-15-30(58-11)25(5)41(60-29(9)51)27(7)38(53)26(6)37(52)23(3)13-12-14-24(4)44(57)47-36(40(32)55)35(34)49-46/h12-15,20,22-23,25-27,30,37-38,41,52-55H,16-19,21H2,1-11H3,(H,47,57)/b13-12-,20-15-,24-14+. The molecule has 15 heteroatoms. The summed E-state index contributed by atoms with van der Waals surface area (Å²) < 4.78 is 24.0. The number of nitrogens with one attached hydrogen (secondary N) is 1. The number of aromatic hydroxyl groups is 2. The Morgan fingerprint density at radius 1 is 0.967 bits per heavy atom. The fourth-order valence-electron chi connectivity index (χ4n) is 9.20. The molecule has 1 saturated heterocycles. The number of phenolic OH excluding ortho intramolecular Hbond substituents is 2. The number of fused-ring (bicyclic) bond motifs is 1. The Labute approximate surface area is 356 Å². The Morgan fingerprint density at radius 2 is 1.62 bits per heavy atom. The highest BCUT2D eigenvalue weighted by molar-refractivity contribution is 6.19. The van der Waals surface area contributed by atoms with Gasteiger partial charge in [-0.15, -0.1) is 0 Å². The third kappa shape index (κ3) is 8.54. The van der Waals surface area contributed by atoms with Crippen molar-refractivity contribution in [3.63, 3.8) is 0 Å². The van der Waals surface area contributed by atoms with E-state index in [1.54, 1.807) is 65.8 Å². The van der Waals surface area contributed by atoms with E-state index in [0.29, 0.717) is 31.8 Å². The van der Waals surface area contributed by atoms with Crippen LogP contribution in [0.2, 0.25) is 0 Å². The van der Waals surface area contributed by atoms with E-state index >= 15 is 0 Å². The smallest absolute Gasteiger partial charge is 0.312 e. The number of carbonyl (C=O) groups is 3. The Bertz CT molecular complexity index is 2300. The van der Waals surface area contributed by atoms with Gasteiger partial charge in [0.1, 0.15) is 28.6 Å². The molecule has 4 aliphatic rings. The fourth-order valence-corrected chi connectivity index (χ4v) is 9.20. The molecule has 0 saturated carbocycles. The van der Waals surface area contributed by atoms with Crippen molar-refractivity contribution in [3.8, 4) is 17.2 Å². The Morgan fingerprint density at radius 3 is 2.25 bits per heavy atom. The lowest BCUT2D eigenvalue weighted by Gasteiger charge is -2.38. The van der Waals surface area contributed by atoms with E-state index in [4.69, 9.17) is 28.9 Å². The molecule has 2 aromatic carbocycles. The van der Waals surface area contributed by atoms with Gasteiger partial charge in [-0.2, -0.15) is 0 Å². The summed E-state index contributed by atoms with van der Waals surface area (Å²) in [6.45, 7) is 19.5. The van der Waals surface area contributed by atoms with Crippen LogP contribution in [0.1, 0.15) is 91.1 Å². The number of anilines is 1. The summed E-state index contributed by atoms with van der Waals surface area (Å²) in [5.41, 5.74) is -0.572. The van der Waals surface area contributed by atoms with Gasteiger partial charge in [-0.3, -0.25) is 24.4 Å². The number of esters is 1. The van der Waals surface area contributed by atoms with Crippen molar-refractivity contribution in [2.75, 3.05) is 32.1 Å². The average Bonchev–Trinajstić information content (AvgIpc) is 3.71. The minimum atomic E-state index is -1.96. The molecular formula is C46H62N4O11.